The normalized spacial score (nSPS) is 16.7. The Morgan fingerprint density at radius 1 is 1.29 bits per heavy atom. The number of ether oxygens (including phenoxy) is 1. The molecule has 8 heteroatoms. The van der Waals surface area contributed by atoms with Crippen molar-refractivity contribution in [3.05, 3.63) is 53.0 Å². The molecule has 2 amide bonds. The monoisotopic (exact) mass is 379 g/mol. The van der Waals surface area contributed by atoms with E-state index in [0.29, 0.717) is 44.1 Å². The quantitative estimate of drug-likeness (QED) is 0.722. The minimum absolute atomic E-state index is 0.0674. The van der Waals surface area contributed by atoms with Gasteiger partial charge in [-0.25, -0.2) is 0 Å². The van der Waals surface area contributed by atoms with Crippen molar-refractivity contribution in [3.8, 4) is 0 Å². The van der Waals surface area contributed by atoms with E-state index in [1.165, 1.54) is 0 Å². The summed E-state index contributed by atoms with van der Waals surface area (Å²) in [5.74, 6) is -0.201. The summed E-state index contributed by atoms with van der Waals surface area (Å²) in [6, 6.07) is 9.78. The average molecular weight is 379 g/mol. The zero-order valence-electron chi connectivity index (χ0n) is 15.6. The van der Waals surface area contributed by atoms with Crippen molar-refractivity contribution in [3.63, 3.8) is 0 Å². The van der Waals surface area contributed by atoms with Gasteiger partial charge in [0.15, 0.2) is 5.69 Å². The van der Waals surface area contributed by atoms with E-state index in [1.807, 2.05) is 30.3 Å². The lowest BCUT2D eigenvalue weighted by atomic mass is 10.0. The van der Waals surface area contributed by atoms with Crippen LogP contribution in [-0.4, -0.2) is 69.6 Å². The third kappa shape index (κ3) is 2.68. The topological polar surface area (TPSA) is 94.3 Å². The smallest absolute Gasteiger partial charge is 0.274 e. The molecule has 2 aliphatic heterocycles. The van der Waals surface area contributed by atoms with Crippen LogP contribution < -0.4 is 0 Å². The zero-order valence-corrected chi connectivity index (χ0v) is 15.6. The van der Waals surface area contributed by atoms with Gasteiger partial charge in [-0.3, -0.25) is 14.7 Å². The summed E-state index contributed by atoms with van der Waals surface area (Å²) in [7, 11) is 1.77. The van der Waals surface area contributed by atoms with Crippen LogP contribution in [0.25, 0.3) is 10.9 Å². The van der Waals surface area contributed by atoms with Gasteiger partial charge in [0.2, 0.25) is 0 Å². The molecule has 0 spiro atoms. The lowest BCUT2D eigenvalue weighted by molar-refractivity contribution is -0.0469. The second kappa shape index (κ2) is 6.49. The Morgan fingerprint density at radius 2 is 2.11 bits per heavy atom. The first kappa shape index (κ1) is 17.0. The first-order valence-corrected chi connectivity index (χ1v) is 9.40. The van der Waals surface area contributed by atoms with Crippen LogP contribution >= 0.6 is 0 Å². The average Bonchev–Trinajstić information content (AvgIpc) is 3.28. The maximum absolute atomic E-state index is 13.0. The fourth-order valence-corrected chi connectivity index (χ4v) is 3.78. The molecule has 144 valence electrons. The van der Waals surface area contributed by atoms with Crippen molar-refractivity contribution in [2.45, 2.75) is 19.0 Å². The number of amides is 2. The third-order valence-electron chi connectivity index (χ3n) is 5.67. The standard InChI is InChI=1S/C20H21N5O3/c1-24(13-10-28-11-13)20(27)18-14-9-25(7-6-16(14)22-23-18)19(26)17-8-12-4-2-3-5-15(12)21-17/h2-5,8,13,21H,6-7,9-11H2,1H3,(H,22,23). The molecule has 0 bridgehead atoms. The number of H-pyrrole nitrogens is 2. The third-order valence-corrected chi connectivity index (χ3v) is 5.67. The second-order valence-corrected chi connectivity index (χ2v) is 7.38. The number of aromatic nitrogens is 3. The highest BCUT2D eigenvalue weighted by Crippen LogP contribution is 2.24. The van der Waals surface area contributed by atoms with Gasteiger partial charge in [0.1, 0.15) is 5.69 Å². The molecule has 2 aromatic heterocycles. The van der Waals surface area contributed by atoms with Gasteiger partial charge in [-0.15, -0.1) is 0 Å². The highest BCUT2D eigenvalue weighted by Gasteiger charge is 2.33. The summed E-state index contributed by atoms with van der Waals surface area (Å²) >= 11 is 0. The van der Waals surface area contributed by atoms with E-state index in [4.69, 9.17) is 4.74 Å². The molecule has 1 aromatic carbocycles. The molecule has 2 aliphatic rings. The number of nitrogens with one attached hydrogen (secondary N) is 2. The van der Waals surface area contributed by atoms with E-state index >= 15 is 0 Å². The fourth-order valence-electron chi connectivity index (χ4n) is 3.78. The first-order valence-electron chi connectivity index (χ1n) is 9.40. The van der Waals surface area contributed by atoms with Gasteiger partial charge >= 0.3 is 0 Å². The fraction of sp³-hybridized carbons (Fsp3) is 0.350. The number of carbonyl (C=O) groups excluding carboxylic acids is 2. The number of hydrogen-bond acceptors (Lipinski definition) is 4. The van der Waals surface area contributed by atoms with Gasteiger partial charge in [0, 0.05) is 42.2 Å². The molecule has 0 radical (unpaired) electrons. The Labute approximate surface area is 161 Å². The molecule has 5 rings (SSSR count). The minimum atomic E-state index is -0.134. The van der Waals surface area contributed by atoms with Gasteiger partial charge in [-0.1, -0.05) is 18.2 Å². The van der Waals surface area contributed by atoms with Crippen molar-refractivity contribution in [2.24, 2.45) is 0 Å². The highest BCUT2D eigenvalue weighted by atomic mass is 16.5. The van der Waals surface area contributed by atoms with Gasteiger partial charge in [0.05, 0.1) is 25.8 Å². The van der Waals surface area contributed by atoms with Crippen LogP contribution in [0.1, 0.15) is 32.2 Å². The number of likely N-dealkylation sites (N-methyl/N-ethyl adjacent to an activating group) is 1. The second-order valence-electron chi connectivity index (χ2n) is 7.38. The Bertz CT molecular complexity index is 1030. The molecular weight excluding hydrogens is 358 g/mol. The minimum Gasteiger partial charge on any atom is -0.377 e. The van der Waals surface area contributed by atoms with Crippen molar-refractivity contribution in [1.29, 1.82) is 0 Å². The van der Waals surface area contributed by atoms with Crippen LogP contribution in [0.5, 0.6) is 0 Å². The van der Waals surface area contributed by atoms with Gasteiger partial charge in [0.25, 0.3) is 11.8 Å². The molecule has 0 saturated carbocycles. The molecule has 0 aliphatic carbocycles. The number of hydrogen-bond donors (Lipinski definition) is 2. The van der Waals surface area contributed by atoms with E-state index in [-0.39, 0.29) is 17.9 Å². The maximum atomic E-state index is 13.0. The van der Waals surface area contributed by atoms with E-state index in [0.717, 1.165) is 22.2 Å². The molecule has 28 heavy (non-hydrogen) atoms. The van der Waals surface area contributed by atoms with E-state index in [1.54, 1.807) is 16.8 Å². The summed E-state index contributed by atoms with van der Waals surface area (Å²) in [5, 5.41) is 8.25. The summed E-state index contributed by atoms with van der Waals surface area (Å²) in [6.07, 6.45) is 0.651. The number of rotatable bonds is 3. The molecule has 8 nitrogen and oxygen atoms in total. The summed E-state index contributed by atoms with van der Waals surface area (Å²) in [6.45, 7) is 2.07. The molecular formula is C20H21N5O3. The van der Waals surface area contributed by atoms with Crippen LogP contribution in [0.2, 0.25) is 0 Å². The number of benzene rings is 1. The summed E-state index contributed by atoms with van der Waals surface area (Å²) in [5.41, 5.74) is 3.64. The summed E-state index contributed by atoms with van der Waals surface area (Å²) in [4.78, 5) is 32.5. The number of aromatic amines is 2. The van der Waals surface area contributed by atoms with E-state index in [9.17, 15) is 9.59 Å². The van der Waals surface area contributed by atoms with Gasteiger partial charge in [-0.2, -0.15) is 5.10 Å². The lowest BCUT2D eigenvalue weighted by Gasteiger charge is -2.34. The van der Waals surface area contributed by atoms with E-state index in [2.05, 4.69) is 15.2 Å². The van der Waals surface area contributed by atoms with Gasteiger partial charge < -0.3 is 19.5 Å². The number of fused-ring (bicyclic) bond motifs is 2. The van der Waals surface area contributed by atoms with Gasteiger partial charge in [-0.05, 0) is 12.1 Å². The predicted octanol–water partition coefficient (Wildman–Crippen LogP) is 1.56. The number of carbonyl (C=O) groups is 2. The molecule has 1 fully saturated rings. The molecule has 4 heterocycles. The molecule has 0 unspecified atom stereocenters. The van der Waals surface area contributed by atoms with Crippen molar-refractivity contribution in [1.82, 2.24) is 25.0 Å². The maximum Gasteiger partial charge on any atom is 0.274 e. The number of nitrogens with zero attached hydrogens (tertiary/aromatic N) is 3. The van der Waals surface area contributed by atoms with E-state index < -0.39 is 0 Å². The predicted molar refractivity (Wildman–Crippen MR) is 102 cm³/mol. The SMILES string of the molecule is CN(C(=O)c1n[nH]c2c1CN(C(=O)c1cc3ccccc3[nH]1)CC2)C1COC1. The first-order chi connectivity index (χ1) is 13.6. The Balaban J connectivity index is 1.39. The van der Waals surface area contributed by atoms with Crippen molar-refractivity contribution < 1.29 is 14.3 Å². The van der Waals surface area contributed by atoms with Crippen molar-refractivity contribution in [2.75, 3.05) is 26.8 Å². The molecule has 0 atom stereocenters. The van der Waals surface area contributed by atoms with Crippen LogP contribution in [0.15, 0.2) is 30.3 Å². The van der Waals surface area contributed by atoms with Crippen LogP contribution in [0.4, 0.5) is 0 Å². The molecule has 1 saturated heterocycles. The highest BCUT2D eigenvalue weighted by molar-refractivity contribution is 5.98. The Morgan fingerprint density at radius 3 is 2.86 bits per heavy atom. The number of para-hydroxylation sites is 1. The molecule has 3 aromatic rings. The van der Waals surface area contributed by atoms with Crippen LogP contribution in [0.3, 0.4) is 0 Å². The largest absolute Gasteiger partial charge is 0.377 e. The Hall–Kier alpha value is -3.13. The summed E-state index contributed by atoms with van der Waals surface area (Å²) < 4.78 is 5.18. The van der Waals surface area contributed by atoms with Crippen LogP contribution in [-0.2, 0) is 17.7 Å². The lowest BCUT2D eigenvalue weighted by Crippen LogP contribution is -2.50. The molecule has 2 N–H and O–H groups in total. The Kier molecular flexibility index (Phi) is 3.94. The van der Waals surface area contributed by atoms with Crippen LogP contribution in [0, 0.1) is 0 Å². The zero-order chi connectivity index (χ0) is 19.3. The van der Waals surface area contributed by atoms with Crippen molar-refractivity contribution >= 4 is 22.7 Å².